The fourth-order valence-corrected chi connectivity index (χ4v) is 0.803. The van der Waals surface area contributed by atoms with Gasteiger partial charge in [-0.15, -0.1) is 0 Å². The fourth-order valence-electron chi connectivity index (χ4n) is 0.803. The lowest BCUT2D eigenvalue weighted by Gasteiger charge is -1.82. The first-order valence-electron chi connectivity index (χ1n) is 3.02. The highest BCUT2D eigenvalue weighted by molar-refractivity contribution is 5.45. The summed E-state index contributed by atoms with van der Waals surface area (Å²) in [7, 11) is 0. The summed E-state index contributed by atoms with van der Waals surface area (Å²) in [6, 6.07) is 2.09. The molecule has 1 aromatic rings. The Labute approximate surface area is 55.4 Å². The van der Waals surface area contributed by atoms with Gasteiger partial charge in [0.25, 0.3) is 0 Å². The van der Waals surface area contributed by atoms with Crippen LogP contribution in [0.4, 0.5) is 0 Å². The molecule has 1 nitrogen and oxygen atoms in total. The number of nitrogens with one attached hydrogen (secondary N) is 1. The van der Waals surface area contributed by atoms with Gasteiger partial charge in [-0.1, -0.05) is 6.58 Å². The SMILES string of the molecule is C=Cc1cc(C)c(C)[nH]1. The summed E-state index contributed by atoms with van der Waals surface area (Å²) in [5.74, 6) is 0. The van der Waals surface area contributed by atoms with Crippen LogP contribution >= 0.6 is 0 Å². The summed E-state index contributed by atoms with van der Waals surface area (Å²) in [5.41, 5.74) is 3.62. The summed E-state index contributed by atoms with van der Waals surface area (Å²) < 4.78 is 0. The summed E-state index contributed by atoms with van der Waals surface area (Å²) in [5, 5.41) is 0. The minimum Gasteiger partial charge on any atom is -0.359 e. The quantitative estimate of drug-likeness (QED) is 0.586. The van der Waals surface area contributed by atoms with Crippen LogP contribution in [0.5, 0.6) is 0 Å². The third-order valence-electron chi connectivity index (χ3n) is 1.52. The van der Waals surface area contributed by atoms with Crippen LogP contribution in [0, 0.1) is 13.8 Å². The van der Waals surface area contributed by atoms with E-state index in [2.05, 4.69) is 31.5 Å². The number of aryl methyl sites for hydroxylation is 2. The average molecular weight is 121 g/mol. The Hall–Kier alpha value is -0.980. The minimum absolute atomic E-state index is 1.10. The first-order chi connectivity index (χ1) is 4.24. The highest BCUT2D eigenvalue weighted by Gasteiger charge is 1.93. The van der Waals surface area contributed by atoms with E-state index in [1.54, 1.807) is 0 Å². The monoisotopic (exact) mass is 121 g/mol. The van der Waals surface area contributed by atoms with E-state index in [9.17, 15) is 0 Å². The van der Waals surface area contributed by atoms with Crippen LogP contribution in [0.2, 0.25) is 0 Å². The van der Waals surface area contributed by atoms with Gasteiger partial charge in [-0.3, -0.25) is 0 Å². The fraction of sp³-hybridized carbons (Fsp3) is 0.250. The van der Waals surface area contributed by atoms with E-state index < -0.39 is 0 Å². The molecule has 0 aliphatic rings. The van der Waals surface area contributed by atoms with Gasteiger partial charge in [0.05, 0.1) is 0 Å². The van der Waals surface area contributed by atoms with Gasteiger partial charge < -0.3 is 4.98 Å². The number of rotatable bonds is 1. The van der Waals surface area contributed by atoms with Crippen molar-refractivity contribution in [1.82, 2.24) is 4.98 Å². The van der Waals surface area contributed by atoms with Crippen LogP contribution in [0.3, 0.4) is 0 Å². The van der Waals surface area contributed by atoms with E-state index in [0.717, 1.165) is 5.69 Å². The lowest BCUT2D eigenvalue weighted by molar-refractivity contribution is 1.22. The van der Waals surface area contributed by atoms with Crippen molar-refractivity contribution in [2.24, 2.45) is 0 Å². The predicted molar refractivity (Wildman–Crippen MR) is 40.4 cm³/mol. The topological polar surface area (TPSA) is 15.8 Å². The normalized spacial score (nSPS) is 9.56. The largest absolute Gasteiger partial charge is 0.359 e. The number of aromatic amines is 1. The Balaban J connectivity index is 3.11. The minimum atomic E-state index is 1.10. The van der Waals surface area contributed by atoms with Gasteiger partial charge in [-0.25, -0.2) is 0 Å². The molecule has 0 bridgehead atoms. The van der Waals surface area contributed by atoms with Crippen LogP contribution in [0.15, 0.2) is 12.6 Å². The van der Waals surface area contributed by atoms with Gasteiger partial charge in [0, 0.05) is 11.4 Å². The molecule has 0 spiro atoms. The number of hydrogen-bond donors (Lipinski definition) is 1. The van der Waals surface area contributed by atoms with Crippen molar-refractivity contribution in [3.05, 3.63) is 29.6 Å². The molecule has 48 valence electrons. The Bertz CT molecular complexity index is 201. The molecule has 0 aliphatic heterocycles. The summed E-state index contributed by atoms with van der Waals surface area (Å²) in [4.78, 5) is 3.18. The van der Waals surface area contributed by atoms with Gasteiger partial charge >= 0.3 is 0 Å². The van der Waals surface area contributed by atoms with Gasteiger partial charge in [0.15, 0.2) is 0 Å². The van der Waals surface area contributed by atoms with E-state index in [0.29, 0.717) is 0 Å². The second-order valence-corrected chi connectivity index (χ2v) is 2.24. The molecule has 1 aromatic heterocycles. The summed E-state index contributed by atoms with van der Waals surface area (Å²) in [6.07, 6.45) is 1.82. The van der Waals surface area contributed by atoms with Crippen LogP contribution in [-0.4, -0.2) is 4.98 Å². The van der Waals surface area contributed by atoms with Crippen LogP contribution in [0.1, 0.15) is 17.0 Å². The average Bonchev–Trinajstić information content (AvgIpc) is 2.13. The molecule has 0 atom stereocenters. The zero-order valence-electron chi connectivity index (χ0n) is 5.86. The molecule has 0 fully saturated rings. The van der Waals surface area contributed by atoms with E-state index in [-0.39, 0.29) is 0 Å². The van der Waals surface area contributed by atoms with Gasteiger partial charge in [0.1, 0.15) is 0 Å². The van der Waals surface area contributed by atoms with Crippen LogP contribution < -0.4 is 0 Å². The molecule has 0 unspecified atom stereocenters. The molecule has 0 radical (unpaired) electrons. The van der Waals surface area contributed by atoms with Crippen molar-refractivity contribution in [1.29, 1.82) is 0 Å². The lowest BCUT2D eigenvalue weighted by atomic mass is 10.3. The van der Waals surface area contributed by atoms with E-state index in [1.807, 2.05) is 6.08 Å². The highest BCUT2D eigenvalue weighted by Crippen LogP contribution is 2.07. The zero-order valence-corrected chi connectivity index (χ0v) is 5.86. The molecule has 0 aromatic carbocycles. The molecule has 1 heteroatoms. The second kappa shape index (κ2) is 2.09. The number of H-pyrrole nitrogens is 1. The van der Waals surface area contributed by atoms with E-state index in [1.165, 1.54) is 11.3 Å². The van der Waals surface area contributed by atoms with Crippen LogP contribution in [0.25, 0.3) is 6.08 Å². The molecule has 0 amide bonds. The van der Waals surface area contributed by atoms with Crippen molar-refractivity contribution < 1.29 is 0 Å². The van der Waals surface area contributed by atoms with Crippen molar-refractivity contribution in [2.75, 3.05) is 0 Å². The van der Waals surface area contributed by atoms with Gasteiger partial charge in [-0.05, 0) is 31.6 Å². The smallest absolute Gasteiger partial charge is 0.0379 e. The standard InChI is InChI=1S/C8H11N/c1-4-8-5-6(2)7(3)9-8/h4-5,9H,1H2,2-3H3. The maximum atomic E-state index is 3.65. The van der Waals surface area contributed by atoms with Crippen LogP contribution in [-0.2, 0) is 0 Å². The Morgan fingerprint density at radius 2 is 2.22 bits per heavy atom. The maximum absolute atomic E-state index is 3.65. The zero-order chi connectivity index (χ0) is 6.85. The Morgan fingerprint density at radius 1 is 1.56 bits per heavy atom. The van der Waals surface area contributed by atoms with Gasteiger partial charge in [-0.2, -0.15) is 0 Å². The summed E-state index contributed by atoms with van der Waals surface area (Å²) >= 11 is 0. The second-order valence-electron chi connectivity index (χ2n) is 2.24. The third-order valence-corrected chi connectivity index (χ3v) is 1.52. The third kappa shape index (κ3) is 1.04. The van der Waals surface area contributed by atoms with Gasteiger partial charge in [0.2, 0.25) is 0 Å². The highest BCUT2D eigenvalue weighted by atomic mass is 14.7. The molecule has 0 saturated carbocycles. The molecule has 1 rings (SSSR count). The van der Waals surface area contributed by atoms with E-state index in [4.69, 9.17) is 0 Å². The Morgan fingerprint density at radius 3 is 2.44 bits per heavy atom. The Kier molecular flexibility index (Phi) is 1.43. The van der Waals surface area contributed by atoms with Crippen molar-refractivity contribution >= 4 is 6.08 Å². The molecule has 1 N–H and O–H groups in total. The molecule has 0 aliphatic carbocycles. The van der Waals surface area contributed by atoms with Crippen molar-refractivity contribution in [3.63, 3.8) is 0 Å². The van der Waals surface area contributed by atoms with Crippen molar-refractivity contribution in [2.45, 2.75) is 13.8 Å². The molecular formula is C8H11N. The number of hydrogen-bond acceptors (Lipinski definition) is 0. The molecule has 1 heterocycles. The molecular weight excluding hydrogens is 110 g/mol. The lowest BCUT2D eigenvalue weighted by Crippen LogP contribution is -1.71. The predicted octanol–water partition coefficient (Wildman–Crippen LogP) is 2.27. The maximum Gasteiger partial charge on any atom is 0.0379 e. The first kappa shape index (κ1) is 6.14. The molecule has 0 saturated heterocycles. The molecule has 9 heavy (non-hydrogen) atoms. The summed E-state index contributed by atoms with van der Waals surface area (Å²) in [6.45, 7) is 7.79. The first-order valence-corrected chi connectivity index (χ1v) is 3.02. The van der Waals surface area contributed by atoms with Crippen molar-refractivity contribution in [3.8, 4) is 0 Å². The number of aromatic nitrogens is 1. The van der Waals surface area contributed by atoms with E-state index >= 15 is 0 Å².